The van der Waals surface area contributed by atoms with Crippen LogP contribution < -0.4 is 5.73 Å². The minimum Gasteiger partial charge on any atom is -0.455 e. The van der Waals surface area contributed by atoms with Gasteiger partial charge in [-0.25, -0.2) is 4.79 Å². The summed E-state index contributed by atoms with van der Waals surface area (Å²) in [7, 11) is 0. The Kier molecular flexibility index (Phi) is 8.00. The third-order valence-electron chi connectivity index (χ3n) is 3.63. The lowest BCUT2D eigenvalue weighted by Crippen LogP contribution is -2.65. The average Bonchev–Trinajstić information content (AvgIpc) is 2.46. The van der Waals surface area contributed by atoms with Gasteiger partial charge in [-0.05, 0) is 32.6 Å². The summed E-state index contributed by atoms with van der Waals surface area (Å²) in [4.78, 5) is 23.2. The molecule has 1 saturated heterocycles. The Morgan fingerprint density at radius 3 is 2.64 bits per heavy atom. The molecule has 3 N–H and O–H groups in total. The Hall–Kier alpha value is -0.980. The van der Waals surface area contributed by atoms with Crippen molar-refractivity contribution in [2.75, 3.05) is 13.2 Å². The van der Waals surface area contributed by atoms with Crippen LogP contribution in [0.15, 0.2) is 0 Å². The van der Waals surface area contributed by atoms with Crippen LogP contribution in [0.4, 0.5) is 0 Å². The molecule has 0 aromatic rings. The van der Waals surface area contributed by atoms with Crippen molar-refractivity contribution >= 4 is 11.8 Å². The van der Waals surface area contributed by atoms with Crippen LogP contribution in [0.5, 0.6) is 0 Å². The number of carbonyl (C=O) groups excluding carboxylic acids is 2. The number of carbonyl (C=O) groups is 2. The highest BCUT2D eigenvalue weighted by Crippen LogP contribution is 2.21. The van der Waals surface area contributed by atoms with Crippen LogP contribution in [0.25, 0.3) is 0 Å². The van der Waals surface area contributed by atoms with E-state index in [4.69, 9.17) is 14.2 Å². The second-order valence-electron chi connectivity index (χ2n) is 6.51. The number of hydrogen-bond donors (Lipinski definition) is 1. The summed E-state index contributed by atoms with van der Waals surface area (Å²) in [5.74, 6) is 0.0459. The molecule has 6 nitrogen and oxygen atoms in total. The normalized spacial score (nSPS) is 30.4. The van der Waals surface area contributed by atoms with E-state index < -0.39 is 6.10 Å². The first-order chi connectivity index (χ1) is 10.3. The van der Waals surface area contributed by atoms with Gasteiger partial charge < -0.3 is 19.9 Å². The van der Waals surface area contributed by atoms with E-state index in [2.05, 4.69) is 19.6 Å². The zero-order chi connectivity index (χ0) is 16.7. The van der Waals surface area contributed by atoms with Crippen LogP contribution in [-0.2, 0) is 23.8 Å². The maximum Gasteiger partial charge on any atom is 0.365 e. The van der Waals surface area contributed by atoms with Crippen LogP contribution in [0, 0.1) is 5.92 Å². The minimum absolute atomic E-state index is 0.0258. The molecule has 0 aromatic heterocycles. The van der Waals surface area contributed by atoms with Crippen LogP contribution in [0.2, 0.25) is 0 Å². The molecule has 0 spiro atoms. The predicted molar refractivity (Wildman–Crippen MR) is 81.1 cm³/mol. The number of ether oxygens (including phenoxy) is 3. The second kappa shape index (κ2) is 9.22. The molecule has 0 unspecified atom stereocenters. The van der Waals surface area contributed by atoms with E-state index in [0.717, 1.165) is 12.8 Å². The molecular formula is C16H30NO5+. The van der Waals surface area contributed by atoms with Gasteiger partial charge in [0.2, 0.25) is 0 Å². The molecule has 1 rings (SSSR count). The number of ketones is 1. The topological polar surface area (TPSA) is 89.5 Å². The molecule has 1 aliphatic heterocycles. The van der Waals surface area contributed by atoms with Gasteiger partial charge in [-0.2, -0.15) is 0 Å². The van der Waals surface area contributed by atoms with Crippen molar-refractivity contribution in [3.05, 3.63) is 0 Å². The molecular weight excluding hydrogens is 286 g/mol. The molecule has 0 aromatic carbocycles. The number of quaternary nitrogens is 1. The summed E-state index contributed by atoms with van der Waals surface area (Å²) in [6, 6.07) is -0.361. The summed E-state index contributed by atoms with van der Waals surface area (Å²) < 4.78 is 17.2. The van der Waals surface area contributed by atoms with Gasteiger partial charge in [0.15, 0.2) is 11.8 Å². The van der Waals surface area contributed by atoms with E-state index in [9.17, 15) is 9.59 Å². The Balaban J connectivity index is 2.83. The molecule has 128 valence electrons. The molecule has 4 atom stereocenters. The quantitative estimate of drug-likeness (QED) is 0.730. The third kappa shape index (κ3) is 6.42. The highest BCUT2D eigenvalue weighted by Gasteiger charge is 2.35. The highest BCUT2D eigenvalue weighted by molar-refractivity contribution is 5.76. The first-order valence-electron chi connectivity index (χ1n) is 8.07. The van der Waals surface area contributed by atoms with Crippen molar-refractivity contribution in [1.82, 2.24) is 0 Å². The van der Waals surface area contributed by atoms with Crippen molar-refractivity contribution < 1.29 is 29.5 Å². The van der Waals surface area contributed by atoms with E-state index in [1.165, 1.54) is 6.92 Å². The van der Waals surface area contributed by atoms with Gasteiger partial charge in [0.25, 0.3) is 0 Å². The molecule has 0 saturated carbocycles. The monoisotopic (exact) mass is 316 g/mol. The Morgan fingerprint density at radius 1 is 1.36 bits per heavy atom. The van der Waals surface area contributed by atoms with E-state index in [-0.39, 0.29) is 36.6 Å². The zero-order valence-electron chi connectivity index (χ0n) is 14.2. The maximum atomic E-state index is 12.0. The summed E-state index contributed by atoms with van der Waals surface area (Å²) in [5, 5.41) is 0. The van der Waals surface area contributed by atoms with Gasteiger partial charge >= 0.3 is 5.97 Å². The zero-order valence-corrected chi connectivity index (χ0v) is 14.2. The molecule has 0 radical (unpaired) electrons. The molecule has 1 aliphatic rings. The lowest BCUT2D eigenvalue weighted by atomic mass is 10.0. The SMILES string of the molecule is CC(=O)CO[C@H]1CCC[C@H]([NH3+])C(=O)O[C@@H](C)[C@@H]1OCC(C)C. The molecule has 1 heterocycles. The van der Waals surface area contributed by atoms with E-state index >= 15 is 0 Å². The van der Waals surface area contributed by atoms with Gasteiger partial charge in [0, 0.05) is 13.0 Å². The summed E-state index contributed by atoms with van der Waals surface area (Å²) in [5.41, 5.74) is 3.84. The fourth-order valence-electron chi connectivity index (χ4n) is 2.45. The third-order valence-corrected chi connectivity index (χ3v) is 3.63. The average molecular weight is 316 g/mol. The largest absolute Gasteiger partial charge is 0.455 e. The van der Waals surface area contributed by atoms with Crippen LogP contribution in [0.1, 0.15) is 47.0 Å². The molecule has 1 fully saturated rings. The fraction of sp³-hybridized carbons (Fsp3) is 0.875. The summed E-state index contributed by atoms with van der Waals surface area (Å²) >= 11 is 0. The van der Waals surface area contributed by atoms with E-state index in [0.29, 0.717) is 18.9 Å². The lowest BCUT2D eigenvalue weighted by molar-refractivity contribution is -0.410. The van der Waals surface area contributed by atoms with Crippen molar-refractivity contribution in [3.63, 3.8) is 0 Å². The van der Waals surface area contributed by atoms with Crippen molar-refractivity contribution in [2.45, 2.75) is 71.3 Å². The molecule has 0 amide bonds. The maximum absolute atomic E-state index is 12.0. The van der Waals surface area contributed by atoms with Gasteiger partial charge in [-0.15, -0.1) is 0 Å². The molecule has 22 heavy (non-hydrogen) atoms. The van der Waals surface area contributed by atoms with E-state index in [1.807, 2.05) is 6.92 Å². The van der Waals surface area contributed by atoms with Gasteiger partial charge in [-0.3, -0.25) is 4.79 Å². The van der Waals surface area contributed by atoms with Crippen LogP contribution >= 0.6 is 0 Å². The number of cyclic esters (lactones) is 1. The fourth-order valence-corrected chi connectivity index (χ4v) is 2.45. The number of esters is 1. The van der Waals surface area contributed by atoms with Gasteiger partial charge in [0.05, 0.1) is 6.10 Å². The molecule has 0 bridgehead atoms. The highest BCUT2D eigenvalue weighted by atomic mass is 16.6. The van der Waals surface area contributed by atoms with Crippen LogP contribution in [-0.4, -0.2) is 49.3 Å². The molecule has 0 aliphatic carbocycles. The first-order valence-corrected chi connectivity index (χ1v) is 8.07. The summed E-state index contributed by atoms with van der Waals surface area (Å²) in [6.45, 7) is 8.03. The standard InChI is InChI=1S/C16H29NO5/c1-10(2)8-21-15-12(4)22-16(19)13(17)6-5-7-14(15)20-9-11(3)18/h10,12-15H,5-9,17H2,1-4H3/p+1/t12-,13-,14-,15-/m0/s1. The smallest absolute Gasteiger partial charge is 0.365 e. The Morgan fingerprint density at radius 2 is 2.05 bits per heavy atom. The number of hydrogen-bond acceptors (Lipinski definition) is 5. The van der Waals surface area contributed by atoms with Gasteiger partial charge in [0.1, 0.15) is 18.8 Å². The Labute approximate surface area is 132 Å². The first kappa shape index (κ1) is 19.1. The molecule has 6 heteroatoms. The second-order valence-corrected chi connectivity index (χ2v) is 6.51. The van der Waals surface area contributed by atoms with Crippen molar-refractivity contribution in [1.29, 1.82) is 0 Å². The number of Topliss-reactive ketones (excluding diaryl/α,β-unsaturated/α-hetero) is 1. The van der Waals surface area contributed by atoms with Gasteiger partial charge in [-0.1, -0.05) is 13.8 Å². The van der Waals surface area contributed by atoms with Crippen LogP contribution in [0.3, 0.4) is 0 Å². The Bertz CT molecular complexity index is 372. The number of rotatable bonds is 6. The lowest BCUT2D eigenvalue weighted by Gasteiger charge is -2.31. The summed E-state index contributed by atoms with van der Waals surface area (Å²) in [6.07, 6.45) is 1.13. The predicted octanol–water partition coefficient (Wildman–Crippen LogP) is 0.728. The van der Waals surface area contributed by atoms with Crippen molar-refractivity contribution in [2.24, 2.45) is 5.92 Å². The minimum atomic E-state index is -0.425. The van der Waals surface area contributed by atoms with E-state index in [1.54, 1.807) is 0 Å². The van der Waals surface area contributed by atoms with Crippen molar-refractivity contribution in [3.8, 4) is 0 Å².